The zero-order chi connectivity index (χ0) is 49.3. The van der Waals surface area contributed by atoms with Gasteiger partial charge in [0.15, 0.2) is 0 Å². The van der Waals surface area contributed by atoms with Gasteiger partial charge in [-0.05, 0) is 133 Å². The van der Waals surface area contributed by atoms with Crippen LogP contribution in [-0.4, -0.2) is 81.2 Å². The third-order valence-electron chi connectivity index (χ3n) is 10.6. The number of H-pyrrole nitrogens is 1. The minimum atomic E-state index is -0.518. The average Bonchev–Trinajstić information content (AvgIpc) is 3.68. The van der Waals surface area contributed by atoms with Gasteiger partial charge in [-0.1, -0.05) is 6.07 Å². The van der Waals surface area contributed by atoms with Crippen LogP contribution in [0.5, 0.6) is 0 Å². The summed E-state index contributed by atoms with van der Waals surface area (Å²) >= 11 is 11.2. The molecule has 28 heteroatoms. The molecule has 0 spiro atoms. The van der Waals surface area contributed by atoms with Crippen molar-refractivity contribution in [2.24, 2.45) is 0 Å². The summed E-state index contributed by atoms with van der Waals surface area (Å²) in [5.41, 5.74) is -1.98. The molecule has 6 heterocycles. The number of alkyl halides is 1. The number of halogens is 4. The van der Waals surface area contributed by atoms with Gasteiger partial charge in [0.25, 0.3) is 17.6 Å². The minimum Gasteiger partial charge on any atom is -1.00 e. The predicted octanol–water partition coefficient (Wildman–Crippen LogP) is -7.61. The third-order valence-corrected chi connectivity index (χ3v) is 11.7. The number of aromatic nitrogens is 3. The van der Waals surface area contributed by atoms with Crippen LogP contribution in [-0.2, 0) is 50.7 Å². The summed E-state index contributed by atoms with van der Waals surface area (Å²) < 4.78 is 40.0. The fourth-order valence-electron chi connectivity index (χ4n) is 4.96. The first kappa shape index (κ1) is 75.5. The first-order valence-electron chi connectivity index (χ1n) is 19.4. The largest absolute Gasteiger partial charge is 1.00 e. The summed E-state index contributed by atoms with van der Waals surface area (Å²) in [4.78, 5) is 46.6. The van der Waals surface area contributed by atoms with Gasteiger partial charge in [0.1, 0.15) is 19.0 Å². The molecule has 18 nitrogen and oxygen atoms in total. The Morgan fingerprint density at radius 1 is 0.662 bits per heavy atom. The number of nitriles is 3. The van der Waals surface area contributed by atoms with E-state index in [4.69, 9.17) is 65.4 Å². The van der Waals surface area contributed by atoms with Crippen LogP contribution < -0.4 is 184 Å². The van der Waals surface area contributed by atoms with E-state index in [1.54, 1.807) is 42.9 Å². The van der Waals surface area contributed by atoms with Gasteiger partial charge in [-0.3, -0.25) is 19.2 Å². The van der Waals surface area contributed by atoms with Crippen LogP contribution in [0.4, 0.5) is 0 Å². The predicted molar refractivity (Wildman–Crippen MR) is 246 cm³/mol. The second kappa shape index (κ2) is 34.5. The zero-order valence-electron chi connectivity index (χ0n) is 41.3. The van der Waals surface area contributed by atoms with E-state index in [0.29, 0.717) is 0 Å². The Morgan fingerprint density at radius 3 is 1.31 bits per heavy atom. The van der Waals surface area contributed by atoms with Crippen molar-refractivity contribution < 1.29 is 199 Å². The molecule has 3 aromatic heterocycles. The van der Waals surface area contributed by atoms with Crippen molar-refractivity contribution >= 4 is 76.5 Å². The van der Waals surface area contributed by atoms with Crippen molar-refractivity contribution in [2.45, 2.75) is 130 Å². The molecule has 68 heavy (non-hydrogen) atoms. The molecule has 6 rings (SSSR count). The molecule has 3 saturated heterocycles. The van der Waals surface area contributed by atoms with Crippen LogP contribution in [0.3, 0.4) is 0 Å². The molecular weight excluding hydrogens is 1210 g/mol. The standard InChI is InChI=1S/C13H17BN2O3.C12H24B2O4.C7H5BrN2O.C5H4BrNO.C2H2ClN.CH2O3.HI.2K.Na/c1-12(2)13(3,4)19-14(18-12)10-5-6-11(17)16(9-10)8-7-15;1-9(2)10(3,4)16-13(15-9)14-17-11(5,6)12(7,8)18-14;8-6-1-2-7(11)10(5-6)4-3-9;6-4-1-2-5(8)7-3-4;3-1-2-4;2-1-4-3;;;;/h5-6,9H,8H2,1-4H3;1-8H3;1-2,5H,4H2;1-3H,(H,7,8);1H2;1,3H;1H;;;/q;;;;;;;3*+1/p-2. The third kappa shape index (κ3) is 24.1. The van der Waals surface area contributed by atoms with Crippen LogP contribution in [0, 0.1) is 34.0 Å². The van der Waals surface area contributed by atoms with Crippen LogP contribution in [0.1, 0.15) is 83.1 Å². The average molecular weight is 1270 g/mol. The Morgan fingerprint density at radius 2 is 1.00 bits per heavy atom. The van der Waals surface area contributed by atoms with E-state index < -0.39 is 32.3 Å². The van der Waals surface area contributed by atoms with Crippen molar-refractivity contribution in [3.63, 3.8) is 0 Å². The maximum atomic E-state index is 11.6. The summed E-state index contributed by atoms with van der Waals surface area (Å²) in [6, 6.07) is 14.9. The van der Waals surface area contributed by atoms with E-state index in [1.165, 1.54) is 27.3 Å². The molecule has 3 aliphatic heterocycles. The summed E-state index contributed by atoms with van der Waals surface area (Å²) in [7, 11) is -1.47. The summed E-state index contributed by atoms with van der Waals surface area (Å²) in [6.07, 6.45) is 4.81. The molecule has 3 aromatic rings. The Balaban J connectivity index is -0.000000387. The van der Waals surface area contributed by atoms with Gasteiger partial charge < -0.3 is 76.2 Å². The number of aromatic amines is 1. The normalized spacial score (nSPS) is 17.3. The second-order valence-corrected chi connectivity index (χ2v) is 18.8. The number of hydrogen-bond donors (Lipinski definition) is 1. The molecule has 0 unspecified atom stereocenters. The van der Waals surface area contributed by atoms with Crippen LogP contribution >= 0.6 is 43.5 Å². The SMILES string of the molecule is CC1(C)OB(B2OC(C)(C)C(C)(C)O2)OC1(C)C.CC1(C)OB(c2ccc(=O)n(CC#N)c2)OC1(C)C.N#CCCl.N#CCn1cc(Br)ccc1=O.O=CO[O-].O=c1ccc(Br)c[nH]1.[I-].[K+].[K+].[Na+]. The molecule has 1 N–H and O–H groups in total. The monoisotopic (exact) mass is 1260 g/mol. The first-order valence-corrected chi connectivity index (χ1v) is 21.5. The molecule has 3 aliphatic rings. The number of carbonyl (C=O) groups excluding carboxylic acids is 1. The van der Waals surface area contributed by atoms with E-state index in [9.17, 15) is 14.4 Å². The molecular formula is C40H53B3Br2ClIK2N6NaO12+. The quantitative estimate of drug-likeness (QED) is 0.0623. The maximum Gasteiger partial charge on any atom is 1.00 e. The summed E-state index contributed by atoms with van der Waals surface area (Å²) in [5, 5.41) is 32.9. The maximum absolute atomic E-state index is 11.6. The number of nitrogens with zero attached hydrogens (tertiary/aromatic N) is 5. The van der Waals surface area contributed by atoms with Crippen LogP contribution in [0.15, 0.2) is 78.3 Å². The molecule has 3 fully saturated rings. The minimum absolute atomic E-state index is 0. The molecule has 0 aromatic carbocycles. The van der Waals surface area contributed by atoms with E-state index >= 15 is 0 Å². The Labute approximate surface area is 545 Å². The molecule has 354 valence electrons. The summed E-state index contributed by atoms with van der Waals surface area (Å²) in [5.74, 6) is 0.0972. The number of pyridine rings is 3. The summed E-state index contributed by atoms with van der Waals surface area (Å²) in [6.45, 7) is 24.0. The van der Waals surface area contributed by atoms with Gasteiger partial charge in [-0.25, -0.2) is 0 Å². The van der Waals surface area contributed by atoms with Crippen molar-refractivity contribution in [1.29, 1.82) is 15.8 Å². The topological polar surface area (TPSA) is 253 Å². The number of rotatable bonds is 5. The Kier molecular flexibility index (Phi) is 38.3. The van der Waals surface area contributed by atoms with Crippen molar-refractivity contribution in [3.05, 3.63) is 95.0 Å². The van der Waals surface area contributed by atoms with E-state index in [2.05, 4.69) is 41.7 Å². The molecule has 0 amide bonds. The van der Waals surface area contributed by atoms with Gasteiger partial charge in [-0.2, -0.15) is 15.8 Å². The Bertz CT molecular complexity index is 2230. The molecule has 0 bridgehead atoms. The molecule has 0 aliphatic carbocycles. The van der Waals surface area contributed by atoms with Gasteiger partial charge in [0, 0.05) is 45.7 Å². The fraction of sp³-hybridized carbons (Fsp3) is 0.525. The molecule has 0 saturated carbocycles. The smallest absolute Gasteiger partial charge is 1.00 e. The van der Waals surface area contributed by atoms with E-state index in [-0.39, 0.29) is 221 Å². The van der Waals surface area contributed by atoms with E-state index in [1.807, 2.05) is 95.2 Å². The number of carbonyl (C=O) groups is 1. The van der Waals surface area contributed by atoms with Gasteiger partial charge in [-0.15, -0.1) is 11.6 Å². The number of nitrogens with one attached hydrogen (secondary N) is 1. The zero-order valence-corrected chi connectivity index (χ0v) is 55.6. The van der Waals surface area contributed by atoms with Crippen molar-refractivity contribution in [1.82, 2.24) is 14.1 Å². The van der Waals surface area contributed by atoms with Crippen molar-refractivity contribution in [2.75, 3.05) is 5.88 Å². The molecule has 0 radical (unpaired) electrons. The van der Waals surface area contributed by atoms with Gasteiger partial charge in [0.2, 0.25) is 5.56 Å². The Hall–Kier alpha value is 0.958. The van der Waals surface area contributed by atoms with E-state index in [0.717, 1.165) is 14.4 Å². The van der Waals surface area contributed by atoms with Crippen molar-refractivity contribution in [3.8, 4) is 18.2 Å². The second-order valence-electron chi connectivity index (χ2n) is 16.8. The fourth-order valence-corrected chi connectivity index (χ4v) is 5.59. The first-order chi connectivity index (χ1) is 29.5. The van der Waals surface area contributed by atoms with Crippen LogP contribution in [0.25, 0.3) is 0 Å². The number of hydrogen-bond acceptors (Lipinski definition) is 15. The van der Waals surface area contributed by atoms with Crippen LogP contribution in [0.2, 0.25) is 0 Å². The van der Waals surface area contributed by atoms with Gasteiger partial charge >= 0.3 is 153 Å². The van der Waals surface area contributed by atoms with Gasteiger partial charge in [0.05, 0.1) is 51.8 Å². The molecule has 0 atom stereocenters.